The highest BCUT2D eigenvalue weighted by Gasteiger charge is 2.32. The molecule has 1 saturated heterocycles. The highest BCUT2D eigenvalue weighted by atomic mass is 19.4. The van der Waals surface area contributed by atoms with E-state index in [1.165, 1.54) is 18.3 Å². The largest absolute Gasteiger partial charge is 0.573 e. The number of halogens is 3. The van der Waals surface area contributed by atoms with Crippen LogP contribution in [0.4, 0.5) is 13.2 Å². The van der Waals surface area contributed by atoms with Gasteiger partial charge < -0.3 is 9.47 Å². The van der Waals surface area contributed by atoms with Crippen molar-refractivity contribution < 1.29 is 27.4 Å². The second kappa shape index (κ2) is 7.26. The number of alkyl halides is 3. The molecule has 0 saturated carbocycles. The number of carbonyl (C=O) groups excluding carboxylic acids is 1. The molecule has 2 aromatic rings. The van der Waals surface area contributed by atoms with E-state index in [2.05, 4.69) is 9.84 Å². The maximum Gasteiger partial charge on any atom is 0.573 e. The minimum atomic E-state index is -4.81. The number of hydrogen-bond donors (Lipinski definition) is 0. The minimum Gasteiger partial charge on any atom is -0.405 e. The van der Waals surface area contributed by atoms with Gasteiger partial charge in [-0.25, -0.2) is 0 Å². The monoisotopic (exact) mass is 354 g/mol. The molecule has 2 heterocycles. The number of rotatable bonds is 5. The molecule has 3 rings (SSSR count). The van der Waals surface area contributed by atoms with Crippen molar-refractivity contribution in [3.8, 4) is 16.9 Å². The zero-order valence-electron chi connectivity index (χ0n) is 13.3. The number of benzene rings is 1. The molecule has 1 aromatic carbocycles. The number of hydrogen-bond acceptors (Lipinski definition) is 4. The van der Waals surface area contributed by atoms with Crippen LogP contribution in [0, 0.1) is 5.92 Å². The number of aldehydes is 1. The summed E-state index contributed by atoms with van der Waals surface area (Å²) in [5.41, 5.74) is 0.914. The van der Waals surface area contributed by atoms with Crippen molar-refractivity contribution >= 4 is 6.29 Å². The molecule has 1 aromatic heterocycles. The van der Waals surface area contributed by atoms with E-state index in [9.17, 15) is 18.0 Å². The Morgan fingerprint density at radius 1 is 1.32 bits per heavy atom. The molecule has 0 aliphatic carbocycles. The lowest BCUT2D eigenvalue weighted by atomic mass is 10.0. The van der Waals surface area contributed by atoms with E-state index in [0.29, 0.717) is 37.5 Å². The first kappa shape index (κ1) is 17.5. The van der Waals surface area contributed by atoms with Gasteiger partial charge in [0.1, 0.15) is 12.0 Å². The SMILES string of the molecule is O=Cc1ccc(OC(F)(F)F)c(-c2cnn(CC3CCOCC3)c2)c1. The van der Waals surface area contributed by atoms with Gasteiger partial charge >= 0.3 is 6.36 Å². The van der Waals surface area contributed by atoms with Gasteiger partial charge in [0, 0.05) is 42.6 Å². The Morgan fingerprint density at radius 3 is 2.76 bits per heavy atom. The quantitative estimate of drug-likeness (QED) is 0.769. The van der Waals surface area contributed by atoms with Crippen molar-refractivity contribution in [2.45, 2.75) is 25.7 Å². The number of ether oxygens (including phenoxy) is 2. The highest BCUT2D eigenvalue weighted by Crippen LogP contribution is 2.34. The van der Waals surface area contributed by atoms with Crippen LogP contribution in [0.2, 0.25) is 0 Å². The van der Waals surface area contributed by atoms with Gasteiger partial charge in [-0.3, -0.25) is 9.48 Å². The Hall–Kier alpha value is -2.35. The Labute approximate surface area is 142 Å². The molecular weight excluding hydrogens is 337 g/mol. The number of aromatic nitrogens is 2. The molecule has 0 spiro atoms. The third-order valence-corrected chi connectivity index (χ3v) is 4.10. The molecule has 5 nitrogen and oxygen atoms in total. The standard InChI is InChI=1S/C17H17F3N2O3/c18-17(19,20)25-16-2-1-13(11-23)7-15(16)14-8-21-22(10-14)9-12-3-5-24-6-4-12/h1-2,7-8,10-12H,3-6,9H2. The van der Waals surface area contributed by atoms with E-state index in [1.54, 1.807) is 10.9 Å². The van der Waals surface area contributed by atoms with Crippen LogP contribution in [0.5, 0.6) is 5.75 Å². The maximum atomic E-state index is 12.6. The summed E-state index contributed by atoms with van der Waals surface area (Å²) in [4.78, 5) is 11.0. The van der Waals surface area contributed by atoms with Crippen LogP contribution in [-0.4, -0.2) is 35.6 Å². The van der Waals surface area contributed by atoms with Gasteiger partial charge in [0.25, 0.3) is 0 Å². The average molecular weight is 354 g/mol. The third-order valence-electron chi connectivity index (χ3n) is 4.10. The molecule has 0 radical (unpaired) electrons. The molecule has 0 bridgehead atoms. The normalized spacial score (nSPS) is 16.0. The Morgan fingerprint density at radius 2 is 2.08 bits per heavy atom. The van der Waals surface area contributed by atoms with Crippen LogP contribution in [0.1, 0.15) is 23.2 Å². The predicted molar refractivity (Wildman–Crippen MR) is 83.3 cm³/mol. The Balaban J connectivity index is 1.85. The summed E-state index contributed by atoms with van der Waals surface area (Å²) in [6.45, 7) is 2.10. The van der Waals surface area contributed by atoms with Crippen molar-refractivity contribution in [3.63, 3.8) is 0 Å². The lowest BCUT2D eigenvalue weighted by molar-refractivity contribution is -0.274. The number of carbonyl (C=O) groups is 1. The van der Waals surface area contributed by atoms with E-state index in [1.807, 2.05) is 0 Å². The summed E-state index contributed by atoms with van der Waals surface area (Å²) >= 11 is 0. The summed E-state index contributed by atoms with van der Waals surface area (Å²) < 4.78 is 48.9. The molecule has 0 amide bonds. The van der Waals surface area contributed by atoms with Crippen molar-refractivity contribution in [3.05, 3.63) is 36.2 Å². The summed E-state index contributed by atoms with van der Waals surface area (Å²) in [5.74, 6) is 0.0671. The zero-order chi connectivity index (χ0) is 17.9. The van der Waals surface area contributed by atoms with E-state index in [4.69, 9.17) is 4.74 Å². The first-order chi connectivity index (χ1) is 11.9. The molecular formula is C17H17F3N2O3. The molecule has 0 N–H and O–H groups in total. The van der Waals surface area contributed by atoms with E-state index in [-0.39, 0.29) is 16.9 Å². The van der Waals surface area contributed by atoms with E-state index < -0.39 is 6.36 Å². The van der Waals surface area contributed by atoms with Gasteiger partial charge in [0.15, 0.2) is 0 Å². The topological polar surface area (TPSA) is 53.3 Å². The molecule has 25 heavy (non-hydrogen) atoms. The summed E-state index contributed by atoms with van der Waals surface area (Å²) in [6.07, 6.45) is 0.772. The van der Waals surface area contributed by atoms with E-state index in [0.717, 1.165) is 18.9 Å². The average Bonchev–Trinajstić information content (AvgIpc) is 3.03. The van der Waals surface area contributed by atoms with Crippen molar-refractivity contribution in [2.24, 2.45) is 5.92 Å². The van der Waals surface area contributed by atoms with Crippen LogP contribution >= 0.6 is 0 Å². The maximum absolute atomic E-state index is 12.6. The van der Waals surface area contributed by atoms with Gasteiger partial charge in [-0.2, -0.15) is 5.10 Å². The van der Waals surface area contributed by atoms with Crippen molar-refractivity contribution in [2.75, 3.05) is 13.2 Å². The van der Waals surface area contributed by atoms with Crippen molar-refractivity contribution in [1.82, 2.24) is 9.78 Å². The second-order valence-electron chi connectivity index (χ2n) is 5.93. The molecule has 0 atom stereocenters. The van der Waals surface area contributed by atoms with Crippen LogP contribution in [-0.2, 0) is 11.3 Å². The van der Waals surface area contributed by atoms with Gasteiger partial charge in [0.2, 0.25) is 0 Å². The Bertz CT molecular complexity index is 737. The summed E-state index contributed by atoms with van der Waals surface area (Å²) in [5, 5.41) is 4.23. The molecule has 1 aliphatic rings. The minimum absolute atomic E-state index is 0.181. The van der Waals surface area contributed by atoms with Gasteiger partial charge in [0.05, 0.1) is 6.20 Å². The van der Waals surface area contributed by atoms with Crippen LogP contribution in [0.25, 0.3) is 11.1 Å². The molecule has 1 aliphatic heterocycles. The van der Waals surface area contributed by atoms with Gasteiger partial charge in [-0.15, -0.1) is 13.2 Å². The molecule has 1 fully saturated rings. The fourth-order valence-electron chi connectivity index (χ4n) is 2.86. The second-order valence-corrected chi connectivity index (χ2v) is 5.93. The number of nitrogens with zero attached hydrogens (tertiary/aromatic N) is 2. The Kier molecular flexibility index (Phi) is 5.08. The fourth-order valence-corrected chi connectivity index (χ4v) is 2.86. The first-order valence-electron chi connectivity index (χ1n) is 7.90. The molecule has 0 unspecified atom stereocenters. The predicted octanol–water partition coefficient (Wildman–Crippen LogP) is 3.69. The first-order valence-corrected chi connectivity index (χ1v) is 7.90. The smallest absolute Gasteiger partial charge is 0.405 e. The molecule has 8 heteroatoms. The van der Waals surface area contributed by atoms with Crippen LogP contribution in [0.3, 0.4) is 0 Å². The lowest BCUT2D eigenvalue weighted by Gasteiger charge is -2.21. The third kappa shape index (κ3) is 4.60. The highest BCUT2D eigenvalue weighted by molar-refractivity contribution is 5.81. The van der Waals surface area contributed by atoms with Gasteiger partial charge in [-0.05, 0) is 37.0 Å². The van der Waals surface area contributed by atoms with Crippen LogP contribution in [0.15, 0.2) is 30.6 Å². The molecule has 134 valence electrons. The van der Waals surface area contributed by atoms with Crippen LogP contribution < -0.4 is 4.74 Å². The summed E-state index contributed by atoms with van der Waals surface area (Å²) in [7, 11) is 0. The van der Waals surface area contributed by atoms with Crippen molar-refractivity contribution in [1.29, 1.82) is 0 Å². The summed E-state index contributed by atoms with van der Waals surface area (Å²) in [6, 6.07) is 3.79. The zero-order valence-corrected chi connectivity index (χ0v) is 13.3. The van der Waals surface area contributed by atoms with E-state index >= 15 is 0 Å². The lowest BCUT2D eigenvalue weighted by Crippen LogP contribution is -2.20. The fraction of sp³-hybridized carbons (Fsp3) is 0.412. The van der Waals surface area contributed by atoms with Gasteiger partial charge in [-0.1, -0.05) is 0 Å².